The Hall–Kier alpha value is -3.79. The van der Waals surface area contributed by atoms with E-state index in [-0.39, 0.29) is 28.5 Å². The van der Waals surface area contributed by atoms with Crippen LogP contribution in [-0.2, 0) is 7.05 Å². The normalized spacial score (nSPS) is 13.3. The molecule has 1 saturated carbocycles. The number of nitrogens with zero attached hydrogens (tertiary/aromatic N) is 3. The van der Waals surface area contributed by atoms with E-state index in [1.807, 2.05) is 12.3 Å². The summed E-state index contributed by atoms with van der Waals surface area (Å²) in [6.45, 7) is 1.77. The van der Waals surface area contributed by atoms with Gasteiger partial charge in [0, 0.05) is 31.1 Å². The molecular formula is C25H24FN5O3S. The molecule has 0 bridgehead atoms. The Labute approximate surface area is 204 Å². The van der Waals surface area contributed by atoms with E-state index in [4.69, 9.17) is 0 Å². The van der Waals surface area contributed by atoms with E-state index < -0.39 is 22.6 Å². The van der Waals surface area contributed by atoms with Gasteiger partial charge in [0.25, 0.3) is 11.1 Å². The summed E-state index contributed by atoms with van der Waals surface area (Å²) in [4.78, 5) is 40.3. The lowest BCUT2D eigenvalue weighted by Crippen LogP contribution is -2.41. The smallest absolute Gasteiger partial charge is 0.337 e. The van der Waals surface area contributed by atoms with Gasteiger partial charge in [-0.2, -0.15) is 0 Å². The van der Waals surface area contributed by atoms with Crippen LogP contribution in [0.15, 0.2) is 62.9 Å². The minimum absolute atomic E-state index is 0.131. The van der Waals surface area contributed by atoms with E-state index >= 15 is 0 Å². The molecule has 0 saturated heterocycles. The van der Waals surface area contributed by atoms with Gasteiger partial charge in [0.1, 0.15) is 16.9 Å². The quantitative estimate of drug-likeness (QED) is 0.394. The average Bonchev–Trinajstić information content (AvgIpc) is 3.64. The molecule has 2 aromatic carbocycles. The van der Waals surface area contributed by atoms with Crippen molar-refractivity contribution in [2.75, 3.05) is 16.3 Å². The minimum Gasteiger partial charge on any atom is -0.352 e. The number of benzene rings is 2. The van der Waals surface area contributed by atoms with Gasteiger partial charge in [-0.3, -0.25) is 18.7 Å². The van der Waals surface area contributed by atoms with Crippen molar-refractivity contribution in [2.45, 2.75) is 25.8 Å². The van der Waals surface area contributed by atoms with Crippen molar-refractivity contribution < 1.29 is 4.39 Å². The van der Waals surface area contributed by atoms with Gasteiger partial charge < -0.3 is 10.0 Å². The van der Waals surface area contributed by atoms with Crippen LogP contribution >= 0.6 is 11.9 Å². The van der Waals surface area contributed by atoms with E-state index in [0.29, 0.717) is 5.69 Å². The van der Waals surface area contributed by atoms with Gasteiger partial charge in [-0.1, -0.05) is 24.1 Å². The molecule has 10 heteroatoms. The topological polar surface area (TPSA) is 90.1 Å². The van der Waals surface area contributed by atoms with Crippen LogP contribution in [0.5, 0.6) is 0 Å². The molecule has 0 atom stereocenters. The summed E-state index contributed by atoms with van der Waals surface area (Å²) >= 11 is 1.41. The lowest BCUT2D eigenvalue weighted by Gasteiger charge is -2.19. The standard InChI is InChI=1S/C25H24FN5O3S/c1-14-7-10-19(18(26)11-14)27-20-13-21(32)29(2)23-22(20)24(33)31(16-8-9-16)25(34)30(23)17-6-4-5-15(12-17)28-35-3/h4-7,10-13,16,27-28H,8-9H2,1-3H3. The molecule has 8 nitrogen and oxygen atoms in total. The van der Waals surface area contributed by atoms with Gasteiger partial charge >= 0.3 is 5.69 Å². The average molecular weight is 494 g/mol. The zero-order valence-corrected chi connectivity index (χ0v) is 20.3. The second kappa shape index (κ2) is 8.77. The van der Waals surface area contributed by atoms with Gasteiger partial charge in [0.2, 0.25) is 0 Å². The molecule has 0 amide bonds. The van der Waals surface area contributed by atoms with E-state index in [0.717, 1.165) is 24.1 Å². The third-order valence-corrected chi connectivity index (χ3v) is 6.52. The first-order valence-electron chi connectivity index (χ1n) is 11.1. The summed E-state index contributed by atoms with van der Waals surface area (Å²) in [6.07, 6.45) is 3.32. The van der Waals surface area contributed by atoms with Gasteiger partial charge in [-0.15, -0.1) is 0 Å². The molecule has 0 unspecified atom stereocenters. The Bertz CT molecular complexity index is 1650. The number of anilines is 3. The summed E-state index contributed by atoms with van der Waals surface area (Å²) in [5.74, 6) is -0.509. The number of halogens is 1. The highest BCUT2D eigenvalue weighted by atomic mass is 32.2. The number of hydrogen-bond donors (Lipinski definition) is 2. The van der Waals surface area contributed by atoms with Crippen molar-refractivity contribution in [1.82, 2.24) is 13.7 Å². The molecule has 5 rings (SSSR count). The zero-order valence-electron chi connectivity index (χ0n) is 19.5. The second-order valence-electron chi connectivity index (χ2n) is 8.64. The Morgan fingerprint density at radius 3 is 2.49 bits per heavy atom. The first kappa shape index (κ1) is 23.0. The SMILES string of the molecule is CSNc1cccc(-n2c(=O)n(C3CC3)c(=O)c3c(Nc4ccc(C)cc4F)cc(=O)n(C)c32)c1. The number of hydrogen-bond acceptors (Lipinski definition) is 6. The fraction of sp³-hybridized carbons (Fsp3) is 0.240. The molecule has 1 aliphatic rings. The van der Waals surface area contributed by atoms with Gasteiger partial charge in [-0.25, -0.2) is 13.8 Å². The molecule has 0 radical (unpaired) electrons. The van der Waals surface area contributed by atoms with Gasteiger partial charge in [-0.05, 0) is 55.7 Å². The molecule has 0 aliphatic heterocycles. The molecule has 0 spiro atoms. The molecule has 1 fully saturated rings. The first-order valence-corrected chi connectivity index (χ1v) is 12.4. The predicted octanol–water partition coefficient (Wildman–Crippen LogP) is 4.07. The molecule has 1 aliphatic carbocycles. The van der Waals surface area contributed by atoms with Crippen LogP contribution in [0.3, 0.4) is 0 Å². The van der Waals surface area contributed by atoms with Crippen LogP contribution in [0.25, 0.3) is 16.7 Å². The van der Waals surface area contributed by atoms with Crippen molar-refractivity contribution >= 4 is 40.0 Å². The minimum atomic E-state index is -0.514. The molecule has 4 aromatic rings. The molecule has 180 valence electrons. The van der Waals surface area contributed by atoms with Crippen LogP contribution in [0, 0.1) is 12.7 Å². The fourth-order valence-corrected chi connectivity index (χ4v) is 4.60. The van der Waals surface area contributed by atoms with Crippen molar-refractivity contribution in [1.29, 1.82) is 0 Å². The predicted molar refractivity (Wildman–Crippen MR) is 139 cm³/mol. The highest BCUT2D eigenvalue weighted by Crippen LogP contribution is 2.34. The van der Waals surface area contributed by atoms with E-state index in [1.54, 1.807) is 37.3 Å². The molecule has 2 heterocycles. The summed E-state index contributed by atoms with van der Waals surface area (Å²) in [5, 5.41) is 3.08. The van der Waals surface area contributed by atoms with Crippen LogP contribution < -0.4 is 26.8 Å². The Morgan fingerprint density at radius 2 is 1.80 bits per heavy atom. The number of rotatable bonds is 6. The summed E-state index contributed by atoms with van der Waals surface area (Å²) in [5.41, 5.74) is 0.966. The number of pyridine rings is 1. The van der Waals surface area contributed by atoms with Crippen LogP contribution in [0.1, 0.15) is 24.4 Å². The maximum Gasteiger partial charge on any atom is 0.337 e. The van der Waals surface area contributed by atoms with Crippen molar-refractivity contribution in [3.8, 4) is 5.69 Å². The highest BCUT2D eigenvalue weighted by Gasteiger charge is 2.31. The third-order valence-electron chi connectivity index (χ3n) is 6.08. The monoisotopic (exact) mass is 493 g/mol. The summed E-state index contributed by atoms with van der Waals surface area (Å²) in [7, 11) is 1.52. The van der Waals surface area contributed by atoms with Crippen molar-refractivity contribution in [3.05, 3.63) is 91.1 Å². The summed E-state index contributed by atoms with van der Waals surface area (Å²) in [6, 6.07) is 12.9. The van der Waals surface area contributed by atoms with Gasteiger partial charge in [0.15, 0.2) is 0 Å². The first-order chi connectivity index (χ1) is 16.8. The van der Waals surface area contributed by atoms with Crippen LogP contribution in [-0.4, -0.2) is 20.0 Å². The number of nitrogens with one attached hydrogen (secondary N) is 2. The summed E-state index contributed by atoms with van der Waals surface area (Å²) < 4.78 is 21.7. The molecule has 2 aromatic heterocycles. The maximum absolute atomic E-state index is 14.7. The Kier molecular flexibility index (Phi) is 5.76. The van der Waals surface area contributed by atoms with Crippen LogP contribution in [0.4, 0.5) is 21.5 Å². The molecular weight excluding hydrogens is 469 g/mol. The Morgan fingerprint density at radius 1 is 1.03 bits per heavy atom. The Balaban J connectivity index is 1.87. The lowest BCUT2D eigenvalue weighted by molar-refractivity contribution is 0.630. The highest BCUT2D eigenvalue weighted by molar-refractivity contribution is 7.99. The fourth-order valence-electron chi connectivity index (χ4n) is 4.24. The second-order valence-corrected chi connectivity index (χ2v) is 9.26. The largest absolute Gasteiger partial charge is 0.352 e. The molecule has 35 heavy (non-hydrogen) atoms. The van der Waals surface area contributed by atoms with E-state index in [9.17, 15) is 18.8 Å². The van der Waals surface area contributed by atoms with Crippen LogP contribution in [0.2, 0.25) is 0 Å². The van der Waals surface area contributed by atoms with E-state index in [1.165, 1.54) is 44.8 Å². The molecule has 2 N–H and O–H groups in total. The van der Waals surface area contributed by atoms with Crippen molar-refractivity contribution in [3.63, 3.8) is 0 Å². The number of aromatic nitrogens is 3. The zero-order chi connectivity index (χ0) is 24.9. The number of fused-ring (bicyclic) bond motifs is 1. The lowest BCUT2D eigenvalue weighted by atomic mass is 10.2. The van der Waals surface area contributed by atoms with E-state index in [2.05, 4.69) is 10.0 Å². The maximum atomic E-state index is 14.7. The third kappa shape index (κ3) is 4.03. The van der Waals surface area contributed by atoms with Crippen molar-refractivity contribution in [2.24, 2.45) is 7.05 Å². The number of aryl methyl sites for hydroxylation is 2. The van der Waals surface area contributed by atoms with Gasteiger partial charge in [0.05, 0.1) is 17.1 Å².